The molecule has 0 unspecified atom stereocenters. The minimum atomic E-state index is -0.338. The fraction of sp³-hybridized carbons (Fsp3) is 0.263. The first kappa shape index (κ1) is 20.0. The van der Waals surface area contributed by atoms with Gasteiger partial charge in [0.2, 0.25) is 0 Å². The predicted octanol–water partition coefficient (Wildman–Crippen LogP) is 4.17. The molecule has 7 heteroatoms. The Morgan fingerprint density at radius 3 is 2.65 bits per heavy atom. The third-order valence-corrected chi connectivity index (χ3v) is 4.07. The molecule has 1 amide bonds. The molecule has 26 heavy (non-hydrogen) atoms. The van der Waals surface area contributed by atoms with Crippen LogP contribution in [0.2, 0.25) is 5.02 Å². The Morgan fingerprint density at radius 1 is 1.19 bits per heavy atom. The molecule has 2 rings (SSSR count). The van der Waals surface area contributed by atoms with Gasteiger partial charge < -0.3 is 10.1 Å². The van der Waals surface area contributed by atoms with Gasteiger partial charge in [0, 0.05) is 10.7 Å². The van der Waals surface area contributed by atoms with E-state index in [1.54, 1.807) is 18.2 Å². The highest BCUT2D eigenvalue weighted by atomic mass is 35.5. The lowest BCUT2D eigenvalue weighted by molar-refractivity contribution is -0.123. The highest BCUT2D eigenvalue weighted by Crippen LogP contribution is 2.24. The Morgan fingerprint density at radius 2 is 1.96 bits per heavy atom. The van der Waals surface area contributed by atoms with Crippen LogP contribution in [0.25, 0.3) is 0 Å². The van der Waals surface area contributed by atoms with Gasteiger partial charge in [-0.2, -0.15) is 0 Å². The van der Waals surface area contributed by atoms with E-state index in [0.717, 1.165) is 16.8 Å². The number of aryl methyl sites for hydroxylation is 1. The molecule has 0 saturated carbocycles. The molecule has 0 aliphatic carbocycles. The van der Waals surface area contributed by atoms with Crippen LogP contribution < -0.4 is 20.9 Å². The number of benzene rings is 2. The van der Waals surface area contributed by atoms with E-state index in [1.165, 1.54) is 0 Å². The van der Waals surface area contributed by atoms with Gasteiger partial charge in [-0.05, 0) is 60.5 Å². The number of nitrogens with one attached hydrogen (secondary N) is 3. The molecule has 5 nitrogen and oxygen atoms in total. The summed E-state index contributed by atoms with van der Waals surface area (Å²) in [5.41, 5.74) is 7.99. The molecular weight excluding hydrogens is 370 g/mol. The van der Waals surface area contributed by atoms with E-state index in [0.29, 0.717) is 16.7 Å². The number of ether oxygens (including phenoxy) is 1. The van der Waals surface area contributed by atoms with Crippen molar-refractivity contribution >= 4 is 40.5 Å². The minimum Gasteiger partial charge on any atom is -0.483 e. The van der Waals surface area contributed by atoms with Gasteiger partial charge in [0.05, 0.1) is 0 Å². The molecule has 0 fully saturated rings. The molecule has 0 aliphatic rings. The van der Waals surface area contributed by atoms with Crippen LogP contribution in [0.15, 0.2) is 42.5 Å². The third-order valence-electron chi connectivity index (χ3n) is 3.64. The van der Waals surface area contributed by atoms with Crippen molar-refractivity contribution in [1.82, 2.24) is 10.9 Å². The van der Waals surface area contributed by atoms with Gasteiger partial charge in [-0.3, -0.25) is 15.6 Å². The van der Waals surface area contributed by atoms with Gasteiger partial charge in [0.25, 0.3) is 5.91 Å². The summed E-state index contributed by atoms with van der Waals surface area (Å²) in [5.74, 6) is 0.754. The first-order valence-corrected chi connectivity index (χ1v) is 8.98. The maximum absolute atomic E-state index is 12.0. The van der Waals surface area contributed by atoms with Gasteiger partial charge >= 0.3 is 0 Å². The first-order valence-electron chi connectivity index (χ1n) is 8.20. The molecule has 138 valence electrons. The lowest BCUT2D eigenvalue weighted by Gasteiger charge is -2.14. The largest absolute Gasteiger partial charge is 0.483 e. The van der Waals surface area contributed by atoms with Crippen LogP contribution in [0.1, 0.15) is 30.9 Å². The van der Waals surface area contributed by atoms with Crippen molar-refractivity contribution < 1.29 is 9.53 Å². The number of carbonyl (C=O) groups excluding carboxylic acids is 1. The second-order valence-corrected chi connectivity index (χ2v) is 6.95. The molecule has 0 aromatic heterocycles. The number of thiocarbonyl (C=S) groups is 1. The molecule has 0 bridgehead atoms. The molecule has 2 aromatic carbocycles. The van der Waals surface area contributed by atoms with Crippen molar-refractivity contribution in [3.05, 3.63) is 58.6 Å². The van der Waals surface area contributed by atoms with E-state index in [4.69, 9.17) is 28.6 Å². The van der Waals surface area contributed by atoms with Crippen molar-refractivity contribution in [1.29, 1.82) is 0 Å². The van der Waals surface area contributed by atoms with Gasteiger partial charge in [-0.1, -0.05) is 43.6 Å². The zero-order valence-corrected chi connectivity index (χ0v) is 16.5. The van der Waals surface area contributed by atoms with Gasteiger partial charge in [-0.15, -0.1) is 0 Å². The Bertz CT molecular complexity index is 796. The van der Waals surface area contributed by atoms with E-state index in [2.05, 4.69) is 36.1 Å². The van der Waals surface area contributed by atoms with E-state index in [9.17, 15) is 4.79 Å². The van der Waals surface area contributed by atoms with E-state index >= 15 is 0 Å². The molecule has 2 aromatic rings. The topological polar surface area (TPSA) is 62.4 Å². The van der Waals surface area contributed by atoms with Crippen LogP contribution in [0, 0.1) is 6.92 Å². The third kappa shape index (κ3) is 6.20. The highest BCUT2D eigenvalue weighted by molar-refractivity contribution is 7.80. The average molecular weight is 392 g/mol. The quantitative estimate of drug-likeness (QED) is 0.527. The maximum atomic E-state index is 12.0. The number of hydrogen-bond donors (Lipinski definition) is 3. The van der Waals surface area contributed by atoms with Crippen molar-refractivity contribution in [3.8, 4) is 5.75 Å². The summed E-state index contributed by atoms with van der Waals surface area (Å²) < 4.78 is 5.62. The molecule has 0 saturated heterocycles. The molecular formula is C19H22ClN3O2S. The van der Waals surface area contributed by atoms with Crippen molar-refractivity contribution in [2.24, 2.45) is 0 Å². The number of amides is 1. The smallest absolute Gasteiger partial charge is 0.276 e. The van der Waals surface area contributed by atoms with E-state index in [-0.39, 0.29) is 17.6 Å². The SMILES string of the molecule is Cc1ccc(C(C)C)cc1OCC(=O)NNC(=S)Nc1cccc(Cl)c1. The summed E-state index contributed by atoms with van der Waals surface area (Å²) in [4.78, 5) is 12.0. The average Bonchev–Trinajstić information content (AvgIpc) is 2.59. The van der Waals surface area contributed by atoms with Gasteiger partial charge in [-0.25, -0.2) is 0 Å². The number of halogens is 1. The van der Waals surface area contributed by atoms with Crippen LogP contribution in [-0.4, -0.2) is 17.6 Å². The summed E-state index contributed by atoms with van der Waals surface area (Å²) in [6.45, 7) is 6.05. The molecule has 0 aliphatic heterocycles. The first-order chi connectivity index (χ1) is 12.3. The fourth-order valence-corrected chi connectivity index (χ4v) is 2.52. The fourth-order valence-electron chi connectivity index (χ4n) is 2.17. The summed E-state index contributed by atoms with van der Waals surface area (Å²) in [7, 11) is 0. The van der Waals surface area contributed by atoms with Gasteiger partial charge in [0.1, 0.15) is 5.75 Å². The van der Waals surface area contributed by atoms with Gasteiger partial charge in [0.15, 0.2) is 11.7 Å². The molecule has 0 radical (unpaired) electrons. The zero-order valence-electron chi connectivity index (χ0n) is 14.9. The normalized spacial score (nSPS) is 10.3. The summed E-state index contributed by atoms with van der Waals surface area (Å²) >= 11 is 11.0. The summed E-state index contributed by atoms with van der Waals surface area (Å²) in [6.07, 6.45) is 0. The zero-order chi connectivity index (χ0) is 19.1. The molecule has 0 heterocycles. The number of carbonyl (C=O) groups is 1. The van der Waals surface area contributed by atoms with Crippen molar-refractivity contribution in [2.45, 2.75) is 26.7 Å². The van der Waals surface area contributed by atoms with Crippen LogP contribution in [0.3, 0.4) is 0 Å². The highest BCUT2D eigenvalue weighted by Gasteiger charge is 2.08. The van der Waals surface area contributed by atoms with Crippen LogP contribution in [0.4, 0.5) is 5.69 Å². The summed E-state index contributed by atoms with van der Waals surface area (Å²) in [5, 5.41) is 3.76. The molecule has 0 atom stereocenters. The standard InChI is InChI=1S/C19H22ClN3O2S/c1-12(2)14-8-7-13(3)17(9-14)25-11-18(24)22-23-19(26)21-16-6-4-5-15(20)10-16/h4-10,12H,11H2,1-3H3,(H,22,24)(H2,21,23,26). The Labute approximate surface area is 164 Å². The van der Waals surface area contributed by atoms with E-state index in [1.807, 2.05) is 25.1 Å². The monoisotopic (exact) mass is 391 g/mol. The number of anilines is 1. The second-order valence-electron chi connectivity index (χ2n) is 6.11. The minimum absolute atomic E-state index is 0.116. The Balaban J connectivity index is 1.80. The van der Waals surface area contributed by atoms with Crippen molar-refractivity contribution in [3.63, 3.8) is 0 Å². The second kappa shape index (κ2) is 9.40. The lowest BCUT2D eigenvalue weighted by Crippen LogP contribution is -2.45. The van der Waals surface area contributed by atoms with Crippen LogP contribution >= 0.6 is 23.8 Å². The van der Waals surface area contributed by atoms with Crippen LogP contribution in [0.5, 0.6) is 5.75 Å². The Hall–Kier alpha value is -2.31. The van der Waals surface area contributed by atoms with Crippen LogP contribution in [-0.2, 0) is 4.79 Å². The predicted molar refractivity (Wildman–Crippen MR) is 110 cm³/mol. The maximum Gasteiger partial charge on any atom is 0.276 e. The lowest BCUT2D eigenvalue weighted by atomic mass is 10.0. The van der Waals surface area contributed by atoms with Crippen molar-refractivity contribution in [2.75, 3.05) is 11.9 Å². The number of hydrazine groups is 1. The molecule has 3 N–H and O–H groups in total. The number of rotatable bonds is 5. The number of hydrogen-bond acceptors (Lipinski definition) is 3. The molecule has 0 spiro atoms. The van der Waals surface area contributed by atoms with E-state index < -0.39 is 0 Å². The Kier molecular flexibility index (Phi) is 7.24. The summed E-state index contributed by atoms with van der Waals surface area (Å²) in [6, 6.07) is 13.1.